The van der Waals surface area contributed by atoms with Crippen LogP contribution in [0, 0.1) is 11.3 Å². The molecule has 6 nitrogen and oxygen atoms in total. The van der Waals surface area contributed by atoms with E-state index in [9.17, 15) is 0 Å². The van der Waals surface area contributed by atoms with Gasteiger partial charge >= 0.3 is 0 Å². The van der Waals surface area contributed by atoms with Crippen LogP contribution in [0.3, 0.4) is 0 Å². The highest BCUT2D eigenvalue weighted by molar-refractivity contribution is 6.39. The lowest BCUT2D eigenvalue weighted by atomic mass is 10.2. The lowest BCUT2D eigenvalue weighted by molar-refractivity contribution is 1.29. The molecule has 0 amide bonds. The van der Waals surface area contributed by atoms with Gasteiger partial charge in [0.2, 0.25) is 0 Å². The summed E-state index contributed by atoms with van der Waals surface area (Å²) in [5.74, 6) is 0. The quantitative estimate of drug-likeness (QED) is 0.346. The van der Waals surface area contributed by atoms with Crippen LogP contribution in [0.25, 0.3) is 10.4 Å². The Morgan fingerprint density at radius 1 is 1.33 bits per heavy atom. The predicted molar refractivity (Wildman–Crippen MR) is 81.5 cm³/mol. The Balaban J connectivity index is 2.44. The number of nitriles is 1. The third-order valence-electron chi connectivity index (χ3n) is 2.46. The van der Waals surface area contributed by atoms with E-state index in [1.54, 1.807) is 6.07 Å². The Kier molecular flexibility index (Phi) is 4.75. The fraction of sp³-hybridized carbons (Fsp3) is 0. The van der Waals surface area contributed by atoms with E-state index in [-0.39, 0.29) is 10.0 Å². The second-order valence-electron chi connectivity index (χ2n) is 3.78. The van der Waals surface area contributed by atoms with Crippen molar-refractivity contribution in [3.8, 4) is 6.07 Å². The summed E-state index contributed by atoms with van der Waals surface area (Å²) in [5, 5.41) is 12.9. The number of hydrogen-bond donors (Lipinski definition) is 0. The third kappa shape index (κ3) is 3.50. The highest BCUT2D eigenvalue weighted by Gasteiger charge is 2.07. The van der Waals surface area contributed by atoms with Gasteiger partial charge in [0.1, 0.15) is 5.69 Å². The van der Waals surface area contributed by atoms with Crippen LogP contribution in [0.5, 0.6) is 0 Å². The summed E-state index contributed by atoms with van der Waals surface area (Å²) < 4.78 is 0. The van der Waals surface area contributed by atoms with Crippen molar-refractivity contribution in [3.05, 3.63) is 62.2 Å². The summed E-state index contributed by atoms with van der Waals surface area (Å²) in [5.41, 5.74) is 10.1. The van der Waals surface area contributed by atoms with Gasteiger partial charge in [0.25, 0.3) is 0 Å². The molecule has 1 aromatic carbocycles. The number of benzene rings is 1. The third-order valence-corrected chi connectivity index (χ3v) is 3.04. The first kappa shape index (κ1) is 14.8. The zero-order chi connectivity index (χ0) is 15.2. The molecule has 0 aliphatic rings. The van der Waals surface area contributed by atoms with Crippen molar-refractivity contribution in [2.24, 2.45) is 10.1 Å². The average Bonchev–Trinajstić information content (AvgIpc) is 2.48. The van der Waals surface area contributed by atoms with Crippen molar-refractivity contribution in [1.29, 1.82) is 5.26 Å². The van der Waals surface area contributed by atoms with Gasteiger partial charge in [0.05, 0.1) is 21.7 Å². The molecule has 0 unspecified atom stereocenters. The van der Waals surface area contributed by atoms with Crippen LogP contribution in [-0.4, -0.2) is 11.2 Å². The largest absolute Gasteiger partial charge is 0.264 e. The van der Waals surface area contributed by atoms with Crippen LogP contribution in [0.1, 0.15) is 11.1 Å². The Hall–Kier alpha value is -2.58. The summed E-state index contributed by atoms with van der Waals surface area (Å²) in [7, 11) is 0. The van der Waals surface area contributed by atoms with Crippen molar-refractivity contribution in [1.82, 2.24) is 4.98 Å². The number of aliphatic imine (C=N–C) groups is 1. The van der Waals surface area contributed by atoms with E-state index in [1.165, 1.54) is 30.7 Å². The van der Waals surface area contributed by atoms with E-state index in [0.717, 1.165) is 0 Å². The molecule has 2 rings (SSSR count). The maximum absolute atomic E-state index is 8.82. The number of azide groups is 1. The fourth-order valence-corrected chi connectivity index (χ4v) is 2.11. The molecule has 0 aliphatic heterocycles. The number of rotatable bonds is 3. The molecule has 2 aromatic rings. The van der Waals surface area contributed by atoms with E-state index in [1.807, 2.05) is 6.07 Å². The first-order valence-corrected chi connectivity index (χ1v) is 6.33. The SMILES string of the molecule is N#Cc1cc(Cl)c(/N=C/c2cnccc2N=[N+]=[N-])c(Cl)c1. The standard InChI is InChI=1S/C13H6Cl2N6/c14-10-3-8(5-16)4-11(15)13(10)19-7-9-6-18-2-1-12(9)20-21-17/h1-4,6-7H/b19-7+. The van der Waals surface area contributed by atoms with Crippen LogP contribution in [-0.2, 0) is 0 Å². The van der Waals surface area contributed by atoms with Crippen LogP contribution in [0.2, 0.25) is 10.0 Å². The topological polar surface area (TPSA) is 97.8 Å². The summed E-state index contributed by atoms with van der Waals surface area (Å²) in [6.07, 6.45) is 4.44. The van der Waals surface area contributed by atoms with Crippen LogP contribution >= 0.6 is 23.2 Å². The van der Waals surface area contributed by atoms with Gasteiger partial charge in [-0.1, -0.05) is 28.3 Å². The molecule has 8 heteroatoms. The molecule has 0 fully saturated rings. The minimum absolute atomic E-state index is 0.254. The Bertz CT molecular complexity index is 780. The molecule has 21 heavy (non-hydrogen) atoms. The van der Waals surface area contributed by atoms with Crippen molar-refractivity contribution in [3.63, 3.8) is 0 Å². The van der Waals surface area contributed by atoms with Gasteiger partial charge in [-0.25, -0.2) is 0 Å². The summed E-state index contributed by atoms with van der Waals surface area (Å²) >= 11 is 12.1. The predicted octanol–water partition coefficient (Wildman–Crippen LogP) is 4.95. The minimum Gasteiger partial charge on any atom is -0.264 e. The molecule has 0 saturated carbocycles. The molecule has 0 aliphatic carbocycles. The van der Waals surface area contributed by atoms with E-state index in [2.05, 4.69) is 20.0 Å². The Morgan fingerprint density at radius 3 is 2.67 bits per heavy atom. The molecule has 0 radical (unpaired) electrons. The van der Waals surface area contributed by atoms with Gasteiger partial charge in [0, 0.05) is 34.8 Å². The molecule has 1 heterocycles. The monoisotopic (exact) mass is 316 g/mol. The number of nitrogens with zero attached hydrogens (tertiary/aromatic N) is 6. The molecule has 0 atom stereocenters. The van der Waals surface area contributed by atoms with E-state index < -0.39 is 0 Å². The number of pyridine rings is 1. The Morgan fingerprint density at radius 2 is 2.05 bits per heavy atom. The van der Waals surface area contributed by atoms with Gasteiger partial charge in [0.15, 0.2) is 0 Å². The lowest BCUT2D eigenvalue weighted by Gasteiger charge is -2.02. The molecule has 0 spiro atoms. The highest BCUT2D eigenvalue weighted by atomic mass is 35.5. The maximum Gasteiger partial charge on any atom is 0.100 e. The van der Waals surface area contributed by atoms with Crippen molar-refractivity contribution in [2.45, 2.75) is 0 Å². The number of aromatic nitrogens is 1. The van der Waals surface area contributed by atoms with Crippen LogP contribution in [0.15, 0.2) is 40.7 Å². The first-order valence-electron chi connectivity index (χ1n) is 5.58. The van der Waals surface area contributed by atoms with Crippen LogP contribution in [0.4, 0.5) is 11.4 Å². The van der Waals surface area contributed by atoms with Gasteiger partial charge < -0.3 is 0 Å². The van der Waals surface area contributed by atoms with Gasteiger partial charge in [-0.15, -0.1) is 0 Å². The van der Waals surface area contributed by atoms with E-state index >= 15 is 0 Å². The van der Waals surface area contributed by atoms with E-state index in [0.29, 0.717) is 22.5 Å². The Labute approximate surface area is 129 Å². The average molecular weight is 317 g/mol. The number of halogens is 2. The highest BCUT2D eigenvalue weighted by Crippen LogP contribution is 2.34. The normalized spacial score (nSPS) is 10.1. The fourth-order valence-electron chi connectivity index (χ4n) is 1.53. The molecular formula is C13H6Cl2N6. The lowest BCUT2D eigenvalue weighted by Crippen LogP contribution is -1.84. The van der Waals surface area contributed by atoms with Gasteiger partial charge in [-0.05, 0) is 23.7 Å². The second kappa shape index (κ2) is 6.73. The second-order valence-corrected chi connectivity index (χ2v) is 4.60. The van der Waals surface area contributed by atoms with Crippen LogP contribution < -0.4 is 0 Å². The first-order chi connectivity index (χ1) is 10.2. The van der Waals surface area contributed by atoms with Gasteiger partial charge in [-0.2, -0.15) is 5.26 Å². The van der Waals surface area contributed by atoms with Crippen molar-refractivity contribution in [2.75, 3.05) is 0 Å². The van der Waals surface area contributed by atoms with Crippen molar-refractivity contribution >= 4 is 40.8 Å². The maximum atomic E-state index is 8.82. The summed E-state index contributed by atoms with van der Waals surface area (Å²) in [4.78, 5) is 10.8. The van der Waals surface area contributed by atoms with Gasteiger partial charge in [-0.3, -0.25) is 9.98 Å². The molecule has 0 bridgehead atoms. The van der Waals surface area contributed by atoms with E-state index in [4.69, 9.17) is 34.0 Å². The molecule has 0 saturated heterocycles. The zero-order valence-corrected chi connectivity index (χ0v) is 11.9. The minimum atomic E-state index is 0.254. The zero-order valence-electron chi connectivity index (χ0n) is 10.4. The molecule has 0 N–H and O–H groups in total. The number of hydrogen-bond acceptors (Lipinski definition) is 4. The molecule has 102 valence electrons. The molecular weight excluding hydrogens is 311 g/mol. The smallest absolute Gasteiger partial charge is 0.100 e. The molecule has 1 aromatic heterocycles. The van der Waals surface area contributed by atoms with Crippen molar-refractivity contribution < 1.29 is 0 Å². The summed E-state index contributed by atoms with van der Waals surface area (Å²) in [6, 6.07) is 6.45. The summed E-state index contributed by atoms with van der Waals surface area (Å²) in [6.45, 7) is 0.